The molecule has 12 heavy (non-hydrogen) atoms. The molecular weight excluding hydrogens is 154 g/mol. The highest BCUT2D eigenvalue weighted by Gasteiger charge is 2.19. The van der Waals surface area contributed by atoms with Crippen molar-refractivity contribution in [3.63, 3.8) is 0 Å². The molecule has 0 bridgehead atoms. The van der Waals surface area contributed by atoms with Gasteiger partial charge in [-0.05, 0) is 20.5 Å². The second-order valence-corrected chi connectivity index (χ2v) is 3.44. The van der Waals surface area contributed by atoms with Gasteiger partial charge in [-0.15, -0.1) is 0 Å². The first-order valence-corrected chi connectivity index (χ1v) is 4.20. The van der Waals surface area contributed by atoms with Crippen LogP contribution in [-0.2, 0) is 4.79 Å². The first-order chi connectivity index (χ1) is 5.61. The van der Waals surface area contributed by atoms with Crippen LogP contribution in [0.5, 0.6) is 0 Å². The quantitative estimate of drug-likeness (QED) is 0.673. The van der Waals surface area contributed by atoms with Crippen LogP contribution in [0.1, 0.15) is 19.3 Å². The minimum Gasteiger partial charge on any atom is -0.512 e. The van der Waals surface area contributed by atoms with Crippen LogP contribution in [0.15, 0.2) is 11.3 Å². The molecule has 68 valence electrons. The number of carbonyl (C=O) groups is 1. The summed E-state index contributed by atoms with van der Waals surface area (Å²) in [5.74, 6) is 0.396. The Hall–Kier alpha value is -0.830. The molecule has 0 fully saturated rings. The van der Waals surface area contributed by atoms with Gasteiger partial charge in [0, 0.05) is 25.0 Å². The molecule has 0 spiro atoms. The minimum absolute atomic E-state index is 0.104. The maximum Gasteiger partial charge on any atom is 0.163 e. The summed E-state index contributed by atoms with van der Waals surface area (Å²) in [6.07, 6.45) is 2.05. The molecule has 1 aliphatic carbocycles. The van der Waals surface area contributed by atoms with Crippen molar-refractivity contribution in [3.05, 3.63) is 11.3 Å². The lowest BCUT2D eigenvalue weighted by atomic mass is 9.96. The first kappa shape index (κ1) is 9.26. The molecule has 3 heteroatoms. The lowest BCUT2D eigenvalue weighted by Crippen LogP contribution is -2.23. The number of aliphatic hydroxyl groups excluding tert-OH is 1. The predicted octanol–water partition coefficient (Wildman–Crippen LogP) is 1.11. The number of rotatable bonds is 2. The van der Waals surface area contributed by atoms with Crippen molar-refractivity contribution in [2.75, 3.05) is 20.6 Å². The molecule has 1 rings (SSSR count). The van der Waals surface area contributed by atoms with Crippen molar-refractivity contribution in [2.45, 2.75) is 19.3 Å². The summed E-state index contributed by atoms with van der Waals surface area (Å²) in [5.41, 5.74) is 0.603. The number of ketones is 1. The van der Waals surface area contributed by atoms with Gasteiger partial charge in [-0.3, -0.25) is 4.79 Å². The van der Waals surface area contributed by atoms with Gasteiger partial charge in [0.05, 0.1) is 0 Å². The molecule has 0 atom stereocenters. The second-order valence-electron chi connectivity index (χ2n) is 3.44. The highest BCUT2D eigenvalue weighted by molar-refractivity contribution is 5.96. The molecule has 3 nitrogen and oxygen atoms in total. The zero-order valence-corrected chi connectivity index (χ0v) is 7.63. The predicted molar refractivity (Wildman–Crippen MR) is 47.1 cm³/mol. The Kier molecular flexibility index (Phi) is 2.87. The van der Waals surface area contributed by atoms with Gasteiger partial charge in [-0.2, -0.15) is 0 Å². The summed E-state index contributed by atoms with van der Waals surface area (Å²) in [5, 5.41) is 9.42. The third-order valence-electron chi connectivity index (χ3n) is 1.98. The molecule has 0 saturated heterocycles. The first-order valence-electron chi connectivity index (χ1n) is 4.20. The van der Waals surface area contributed by atoms with E-state index in [1.165, 1.54) is 0 Å². The van der Waals surface area contributed by atoms with Gasteiger partial charge in [0.15, 0.2) is 5.78 Å². The van der Waals surface area contributed by atoms with Gasteiger partial charge in [0.2, 0.25) is 0 Å². The Bertz CT molecular complexity index is 219. The van der Waals surface area contributed by atoms with E-state index in [-0.39, 0.29) is 5.78 Å². The van der Waals surface area contributed by atoms with E-state index in [1.54, 1.807) is 0 Å². The van der Waals surface area contributed by atoms with Gasteiger partial charge in [0.25, 0.3) is 0 Å². The van der Waals surface area contributed by atoms with Crippen LogP contribution in [0, 0.1) is 0 Å². The van der Waals surface area contributed by atoms with E-state index >= 15 is 0 Å². The minimum atomic E-state index is 0.104. The molecule has 1 aliphatic rings. The third kappa shape index (κ3) is 2.08. The van der Waals surface area contributed by atoms with Crippen LogP contribution >= 0.6 is 0 Å². The standard InChI is InChI=1S/C9H15NO2/c1-10(2)6-7-8(11)4-3-5-9(7)12/h11H,3-6H2,1-2H3. The van der Waals surface area contributed by atoms with E-state index in [9.17, 15) is 9.90 Å². The van der Waals surface area contributed by atoms with Gasteiger partial charge >= 0.3 is 0 Å². The van der Waals surface area contributed by atoms with Crippen LogP contribution in [-0.4, -0.2) is 36.4 Å². The lowest BCUT2D eigenvalue weighted by Gasteiger charge is -2.18. The second kappa shape index (κ2) is 3.72. The summed E-state index contributed by atoms with van der Waals surface area (Å²) in [6, 6.07) is 0. The number of likely N-dealkylation sites (N-methyl/N-ethyl adjacent to an activating group) is 1. The molecule has 0 aliphatic heterocycles. The fourth-order valence-electron chi connectivity index (χ4n) is 1.37. The van der Waals surface area contributed by atoms with E-state index < -0.39 is 0 Å². The molecule has 0 radical (unpaired) electrons. The number of carbonyl (C=O) groups excluding carboxylic acids is 1. The van der Waals surface area contributed by atoms with E-state index in [0.29, 0.717) is 30.7 Å². The maximum absolute atomic E-state index is 11.3. The van der Waals surface area contributed by atoms with Crippen LogP contribution in [0.25, 0.3) is 0 Å². The van der Waals surface area contributed by atoms with Gasteiger partial charge in [0.1, 0.15) is 5.76 Å². The fourth-order valence-corrected chi connectivity index (χ4v) is 1.37. The average Bonchev–Trinajstić information content (AvgIpc) is 1.97. The number of nitrogens with zero attached hydrogens (tertiary/aromatic N) is 1. The van der Waals surface area contributed by atoms with E-state index in [2.05, 4.69) is 0 Å². The van der Waals surface area contributed by atoms with E-state index in [0.717, 1.165) is 6.42 Å². The number of hydrogen-bond donors (Lipinski definition) is 1. The zero-order valence-electron chi connectivity index (χ0n) is 7.63. The van der Waals surface area contributed by atoms with Crippen molar-refractivity contribution in [1.29, 1.82) is 0 Å². The largest absolute Gasteiger partial charge is 0.512 e. The van der Waals surface area contributed by atoms with E-state index in [1.807, 2.05) is 19.0 Å². The number of allylic oxidation sites excluding steroid dienone is 1. The molecule has 0 aromatic rings. The fraction of sp³-hybridized carbons (Fsp3) is 0.667. The maximum atomic E-state index is 11.3. The van der Waals surface area contributed by atoms with Crippen molar-refractivity contribution < 1.29 is 9.90 Å². The third-order valence-corrected chi connectivity index (χ3v) is 1.98. The molecule has 0 unspecified atom stereocenters. The molecule has 1 N–H and O–H groups in total. The Balaban J connectivity index is 2.74. The molecule has 0 saturated carbocycles. The molecular formula is C9H15NO2. The molecule has 0 aromatic heterocycles. The summed E-state index contributed by atoms with van der Waals surface area (Å²) in [4.78, 5) is 13.2. The monoisotopic (exact) mass is 169 g/mol. The topological polar surface area (TPSA) is 40.5 Å². The summed E-state index contributed by atoms with van der Waals surface area (Å²) in [6.45, 7) is 0.560. The normalized spacial score (nSPS) is 19.1. The smallest absolute Gasteiger partial charge is 0.163 e. The molecule has 0 amide bonds. The highest BCUT2D eigenvalue weighted by Crippen LogP contribution is 2.19. The zero-order chi connectivity index (χ0) is 9.14. The van der Waals surface area contributed by atoms with Crippen molar-refractivity contribution in [1.82, 2.24) is 4.90 Å². The van der Waals surface area contributed by atoms with Gasteiger partial charge in [-0.25, -0.2) is 0 Å². The highest BCUT2D eigenvalue weighted by atomic mass is 16.3. The summed E-state index contributed by atoms with van der Waals surface area (Å²) >= 11 is 0. The van der Waals surface area contributed by atoms with Crippen molar-refractivity contribution in [3.8, 4) is 0 Å². The van der Waals surface area contributed by atoms with Crippen LogP contribution in [0.4, 0.5) is 0 Å². The van der Waals surface area contributed by atoms with Gasteiger partial charge < -0.3 is 10.0 Å². The number of aliphatic hydroxyl groups is 1. The Morgan fingerprint density at radius 3 is 2.58 bits per heavy atom. The number of Topliss-reactive ketones (excluding diaryl/α,β-unsaturated/α-hetero) is 1. The van der Waals surface area contributed by atoms with Gasteiger partial charge in [-0.1, -0.05) is 0 Å². The molecule has 0 aromatic carbocycles. The number of hydrogen-bond acceptors (Lipinski definition) is 3. The van der Waals surface area contributed by atoms with Crippen LogP contribution < -0.4 is 0 Å². The SMILES string of the molecule is CN(C)CC1=C(O)CCCC1=O. The van der Waals surface area contributed by atoms with Crippen molar-refractivity contribution >= 4 is 5.78 Å². The molecule has 0 heterocycles. The Morgan fingerprint density at radius 1 is 1.42 bits per heavy atom. The Labute approximate surface area is 72.7 Å². The Morgan fingerprint density at radius 2 is 2.08 bits per heavy atom. The summed E-state index contributed by atoms with van der Waals surface area (Å²) in [7, 11) is 3.78. The summed E-state index contributed by atoms with van der Waals surface area (Å²) < 4.78 is 0. The van der Waals surface area contributed by atoms with Crippen LogP contribution in [0.3, 0.4) is 0 Å². The van der Waals surface area contributed by atoms with E-state index in [4.69, 9.17) is 0 Å². The van der Waals surface area contributed by atoms with Crippen molar-refractivity contribution in [2.24, 2.45) is 0 Å². The lowest BCUT2D eigenvalue weighted by molar-refractivity contribution is -0.116. The van der Waals surface area contributed by atoms with Crippen LogP contribution in [0.2, 0.25) is 0 Å². The average molecular weight is 169 g/mol.